The van der Waals surface area contributed by atoms with Crippen LogP contribution < -0.4 is 16.0 Å². The fraction of sp³-hybridized carbons (Fsp3) is 0.368. The van der Waals surface area contributed by atoms with E-state index in [4.69, 9.17) is 23.2 Å². The molecule has 1 amide bonds. The molecule has 1 aliphatic rings. The summed E-state index contributed by atoms with van der Waals surface area (Å²) in [6.07, 6.45) is 7.19. The molecule has 0 spiro atoms. The van der Waals surface area contributed by atoms with E-state index in [9.17, 15) is 4.79 Å². The van der Waals surface area contributed by atoms with Crippen molar-refractivity contribution in [3.05, 3.63) is 52.5 Å². The maximum atomic E-state index is 12.5. The van der Waals surface area contributed by atoms with Crippen LogP contribution in [0.1, 0.15) is 25.3 Å². The lowest BCUT2D eigenvalue weighted by Crippen LogP contribution is -2.51. The Bertz CT molecular complexity index is 866. The third kappa shape index (κ3) is 4.91. The highest BCUT2D eigenvalue weighted by Crippen LogP contribution is 2.27. The molecule has 0 fully saturated rings. The molecule has 0 radical (unpaired) electrons. The summed E-state index contributed by atoms with van der Waals surface area (Å²) in [5, 5.41) is 10.3. The Morgan fingerprint density at radius 1 is 1.32 bits per heavy atom. The van der Waals surface area contributed by atoms with Gasteiger partial charge in [-0.1, -0.05) is 42.6 Å². The van der Waals surface area contributed by atoms with Crippen molar-refractivity contribution in [2.24, 2.45) is 0 Å². The first-order valence-corrected chi connectivity index (χ1v) is 9.94. The molecule has 1 atom stereocenters. The zero-order valence-corrected chi connectivity index (χ0v) is 17.4. The molecule has 7 nitrogen and oxygen atoms in total. The van der Waals surface area contributed by atoms with E-state index in [0.717, 1.165) is 36.5 Å². The minimum atomic E-state index is -0.323. The van der Waals surface area contributed by atoms with Crippen LogP contribution in [0.25, 0.3) is 5.70 Å². The summed E-state index contributed by atoms with van der Waals surface area (Å²) in [4.78, 5) is 18.8. The van der Waals surface area contributed by atoms with E-state index in [2.05, 4.69) is 32.8 Å². The van der Waals surface area contributed by atoms with E-state index in [-0.39, 0.29) is 18.7 Å². The number of carbonyl (C=O) groups is 1. The number of anilines is 1. The van der Waals surface area contributed by atoms with Crippen molar-refractivity contribution in [3.8, 4) is 0 Å². The van der Waals surface area contributed by atoms with E-state index < -0.39 is 0 Å². The van der Waals surface area contributed by atoms with Gasteiger partial charge in [0.1, 0.15) is 12.4 Å². The molecule has 1 aliphatic heterocycles. The van der Waals surface area contributed by atoms with Crippen LogP contribution in [0, 0.1) is 0 Å². The molecule has 1 unspecified atom stereocenters. The number of nitrogens with one attached hydrogen (secondary N) is 3. The van der Waals surface area contributed by atoms with Gasteiger partial charge in [-0.3, -0.25) is 4.79 Å². The highest BCUT2D eigenvalue weighted by molar-refractivity contribution is 6.42. The molecule has 9 heteroatoms. The van der Waals surface area contributed by atoms with Crippen molar-refractivity contribution in [2.45, 2.75) is 32.6 Å². The van der Waals surface area contributed by atoms with E-state index in [1.165, 1.54) is 0 Å². The molecular formula is C19H24Cl2N6O. The fourth-order valence-corrected chi connectivity index (χ4v) is 3.22. The highest BCUT2D eigenvalue weighted by atomic mass is 35.5. The monoisotopic (exact) mass is 422 g/mol. The van der Waals surface area contributed by atoms with Gasteiger partial charge in [0.05, 0.1) is 22.1 Å². The number of nitrogens with zero attached hydrogens (tertiary/aromatic N) is 3. The SMILES string of the molecule is CCCCN1C=C(c2ccc(Cl)c(Cl)c2)NC1NC(=O)Cn1cnc(NC)c1. The van der Waals surface area contributed by atoms with Gasteiger partial charge in [0.2, 0.25) is 5.91 Å². The molecule has 3 N–H and O–H groups in total. The predicted octanol–water partition coefficient (Wildman–Crippen LogP) is 3.34. The molecule has 0 saturated heterocycles. The van der Waals surface area contributed by atoms with Crippen LogP contribution in [0.5, 0.6) is 0 Å². The third-order valence-corrected chi connectivity index (χ3v) is 5.17. The van der Waals surface area contributed by atoms with Crippen LogP contribution in [0.3, 0.4) is 0 Å². The van der Waals surface area contributed by atoms with E-state index >= 15 is 0 Å². The fourth-order valence-electron chi connectivity index (χ4n) is 2.92. The number of rotatable bonds is 8. The zero-order valence-electron chi connectivity index (χ0n) is 15.9. The summed E-state index contributed by atoms with van der Waals surface area (Å²) < 4.78 is 1.74. The average molecular weight is 423 g/mol. The Kier molecular flexibility index (Phi) is 6.70. The number of amides is 1. The summed E-state index contributed by atoms with van der Waals surface area (Å²) in [7, 11) is 1.79. The summed E-state index contributed by atoms with van der Waals surface area (Å²) in [5.41, 5.74) is 1.81. The standard InChI is InChI=1S/C19H24Cl2N6O/c1-3-4-7-27-9-16(13-5-6-14(20)15(21)8-13)24-19(27)25-18(28)11-26-10-17(22-2)23-12-26/h5-6,8-10,12,19,22,24H,3-4,7,11H2,1-2H3,(H,25,28). The van der Waals surface area contributed by atoms with Crippen LogP contribution in [-0.4, -0.2) is 40.2 Å². The molecule has 150 valence electrons. The van der Waals surface area contributed by atoms with Crippen LogP contribution in [-0.2, 0) is 11.3 Å². The van der Waals surface area contributed by atoms with Gasteiger partial charge in [-0.05, 0) is 18.6 Å². The van der Waals surface area contributed by atoms with E-state index in [1.807, 2.05) is 18.3 Å². The molecule has 28 heavy (non-hydrogen) atoms. The molecule has 0 saturated carbocycles. The number of unbranched alkanes of at least 4 members (excludes halogenated alkanes) is 1. The molecule has 0 aliphatic carbocycles. The number of benzene rings is 1. The highest BCUT2D eigenvalue weighted by Gasteiger charge is 2.25. The smallest absolute Gasteiger partial charge is 0.242 e. The van der Waals surface area contributed by atoms with E-state index in [1.54, 1.807) is 30.2 Å². The number of hydrogen-bond donors (Lipinski definition) is 3. The molecule has 1 aromatic carbocycles. The molecule has 0 bridgehead atoms. The van der Waals surface area contributed by atoms with Gasteiger partial charge in [0.25, 0.3) is 0 Å². The van der Waals surface area contributed by atoms with Gasteiger partial charge < -0.3 is 25.4 Å². The minimum Gasteiger partial charge on any atom is -0.372 e. The van der Waals surface area contributed by atoms with Crippen molar-refractivity contribution in [3.63, 3.8) is 0 Å². The first kappa shape index (κ1) is 20.4. The number of hydrogen-bond acceptors (Lipinski definition) is 5. The van der Waals surface area contributed by atoms with Crippen LogP contribution in [0.2, 0.25) is 10.0 Å². The minimum absolute atomic E-state index is 0.108. The summed E-state index contributed by atoms with van der Waals surface area (Å²) in [6.45, 7) is 3.16. The summed E-state index contributed by atoms with van der Waals surface area (Å²) >= 11 is 12.2. The lowest BCUT2D eigenvalue weighted by atomic mass is 10.2. The van der Waals surface area contributed by atoms with Gasteiger partial charge in [-0.25, -0.2) is 4.98 Å². The third-order valence-electron chi connectivity index (χ3n) is 4.43. The first-order valence-electron chi connectivity index (χ1n) is 9.18. The Hall–Kier alpha value is -2.38. The maximum Gasteiger partial charge on any atom is 0.242 e. The Morgan fingerprint density at radius 2 is 2.14 bits per heavy atom. The van der Waals surface area contributed by atoms with Crippen molar-refractivity contribution in [1.29, 1.82) is 0 Å². The van der Waals surface area contributed by atoms with Crippen LogP contribution in [0.4, 0.5) is 5.82 Å². The second-order valence-corrected chi connectivity index (χ2v) is 7.37. The normalized spacial score (nSPS) is 15.9. The second kappa shape index (κ2) is 9.21. The lowest BCUT2D eigenvalue weighted by Gasteiger charge is -2.26. The predicted molar refractivity (Wildman–Crippen MR) is 113 cm³/mol. The van der Waals surface area contributed by atoms with Crippen molar-refractivity contribution >= 4 is 40.6 Å². The molecule has 1 aromatic heterocycles. The van der Waals surface area contributed by atoms with Gasteiger partial charge in [0.15, 0.2) is 6.29 Å². The Morgan fingerprint density at radius 3 is 2.82 bits per heavy atom. The van der Waals surface area contributed by atoms with Crippen LogP contribution in [0.15, 0.2) is 36.9 Å². The zero-order chi connectivity index (χ0) is 20.1. The second-order valence-electron chi connectivity index (χ2n) is 6.56. The average Bonchev–Trinajstić information content (AvgIpc) is 3.29. The van der Waals surface area contributed by atoms with Gasteiger partial charge in [-0.2, -0.15) is 0 Å². The Labute approximate surface area is 174 Å². The topological polar surface area (TPSA) is 74.2 Å². The molecule has 3 rings (SSSR count). The molecule has 2 aromatic rings. The quantitative estimate of drug-likeness (QED) is 0.608. The molecule has 2 heterocycles. The number of halogens is 2. The van der Waals surface area contributed by atoms with Crippen molar-refractivity contribution in [1.82, 2.24) is 25.1 Å². The largest absolute Gasteiger partial charge is 0.372 e. The lowest BCUT2D eigenvalue weighted by molar-refractivity contribution is -0.123. The van der Waals surface area contributed by atoms with Gasteiger partial charge in [-0.15, -0.1) is 0 Å². The van der Waals surface area contributed by atoms with E-state index in [0.29, 0.717) is 10.0 Å². The Balaban J connectivity index is 1.68. The summed E-state index contributed by atoms with van der Waals surface area (Å²) in [5.74, 6) is 0.614. The van der Waals surface area contributed by atoms with Gasteiger partial charge >= 0.3 is 0 Å². The van der Waals surface area contributed by atoms with Gasteiger partial charge in [0, 0.05) is 31.6 Å². The number of aromatic nitrogens is 2. The molecular weight excluding hydrogens is 399 g/mol. The van der Waals surface area contributed by atoms with Crippen molar-refractivity contribution < 1.29 is 4.79 Å². The summed E-state index contributed by atoms with van der Waals surface area (Å²) in [6, 6.07) is 5.48. The number of imidazole rings is 1. The maximum absolute atomic E-state index is 12.5. The number of carbonyl (C=O) groups excluding carboxylic acids is 1. The first-order chi connectivity index (χ1) is 13.5. The van der Waals surface area contributed by atoms with Crippen LogP contribution >= 0.6 is 23.2 Å². The van der Waals surface area contributed by atoms with Crippen molar-refractivity contribution in [2.75, 3.05) is 18.9 Å².